The van der Waals surface area contributed by atoms with Crippen LogP contribution in [0.25, 0.3) is 0 Å². The maximum Gasteiger partial charge on any atom is 0.211 e. The molecule has 180 valence electrons. The minimum absolute atomic E-state index is 0.0451. The van der Waals surface area contributed by atoms with Crippen molar-refractivity contribution in [2.75, 3.05) is 11.1 Å². The van der Waals surface area contributed by atoms with E-state index < -0.39 is 9.84 Å². The number of rotatable bonds is 7. The monoisotopic (exact) mass is 524 g/mol. The second-order valence-electron chi connectivity index (χ2n) is 8.24. The van der Waals surface area contributed by atoms with E-state index in [0.717, 1.165) is 40.1 Å². The van der Waals surface area contributed by atoms with Crippen molar-refractivity contribution in [1.82, 2.24) is 0 Å². The van der Waals surface area contributed by atoms with Gasteiger partial charge in [-0.25, -0.2) is 8.42 Å². The van der Waals surface area contributed by atoms with Crippen LogP contribution in [0.1, 0.15) is 38.8 Å². The lowest BCUT2D eigenvalue weighted by Crippen LogP contribution is -2.09. The van der Waals surface area contributed by atoms with E-state index in [1.807, 2.05) is 57.2 Å². The molecule has 0 fully saturated rings. The summed E-state index contributed by atoms with van der Waals surface area (Å²) in [6, 6.07) is 19.0. The Morgan fingerprint density at radius 3 is 2.37 bits per heavy atom. The van der Waals surface area contributed by atoms with E-state index in [9.17, 15) is 13.2 Å². The first-order chi connectivity index (χ1) is 16.6. The molecule has 8 heteroatoms. The predicted molar refractivity (Wildman–Crippen MR) is 144 cm³/mol. The van der Waals surface area contributed by atoms with Gasteiger partial charge in [-0.15, -0.1) is 11.3 Å². The number of benzene rings is 3. The Balaban J connectivity index is 1.92. The van der Waals surface area contributed by atoms with Crippen LogP contribution in [0.15, 0.2) is 76.5 Å². The van der Waals surface area contributed by atoms with Crippen LogP contribution in [0.5, 0.6) is 0 Å². The molecule has 0 aliphatic heterocycles. The SMILES string of the molecule is CCc1ccccc1Nc1sc(C(=O)c2ccc(C)cc2C)c(N)c1S(=O)(=O)c1ccc(Cl)cc1. The number of hydrogen-bond acceptors (Lipinski definition) is 6. The van der Waals surface area contributed by atoms with Gasteiger partial charge in [-0.3, -0.25) is 4.79 Å². The van der Waals surface area contributed by atoms with Crippen LogP contribution in [0.2, 0.25) is 5.02 Å². The smallest absolute Gasteiger partial charge is 0.211 e. The average molecular weight is 525 g/mol. The number of anilines is 3. The summed E-state index contributed by atoms with van der Waals surface area (Å²) in [6.07, 6.45) is 0.748. The Morgan fingerprint density at radius 2 is 1.71 bits per heavy atom. The minimum atomic E-state index is -4.06. The number of para-hydroxylation sites is 1. The lowest BCUT2D eigenvalue weighted by atomic mass is 10.0. The van der Waals surface area contributed by atoms with Gasteiger partial charge in [-0.1, -0.05) is 60.5 Å². The minimum Gasteiger partial charge on any atom is -0.396 e. The summed E-state index contributed by atoms with van der Waals surface area (Å²) < 4.78 is 27.5. The van der Waals surface area contributed by atoms with Crippen molar-refractivity contribution in [3.8, 4) is 0 Å². The normalized spacial score (nSPS) is 11.4. The molecule has 0 spiro atoms. The van der Waals surface area contributed by atoms with Crippen LogP contribution < -0.4 is 11.1 Å². The van der Waals surface area contributed by atoms with E-state index >= 15 is 0 Å². The Morgan fingerprint density at radius 1 is 1.03 bits per heavy atom. The maximum atomic E-state index is 13.7. The molecule has 0 amide bonds. The first kappa shape index (κ1) is 25.0. The molecule has 0 saturated heterocycles. The molecule has 3 N–H and O–H groups in total. The number of ketones is 1. The van der Waals surface area contributed by atoms with Gasteiger partial charge in [0.25, 0.3) is 0 Å². The van der Waals surface area contributed by atoms with Gasteiger partial charge in [0.05, 0.1) is 10.6 Å². The second-order valence-corrected chi connectivity index (χ2v) is 11.6. The number of nitrogens with two attached hydrogens (primary N) is 1. The van der Waals surface area contributed by atoms with E-state index in [-0.39, 0.29) is 26.1 Å². The highest BCUT2D eigenvalue weighted by atomic mass is 35.5. The van der Waals surface area contributed by atoms with Gasteiger partial charge >= 0.3 is 0 Å². The summed E-state index contributed by atoms with van der Waals surface area (Å²) >= 11 is 7.03. The van der Waals surface area contributed by atoms with Crippen LogP contribution in [-0.2, 0) is 16.3 Å². The standard InChI is InChI=1S/C27H25ClN2O3S2/c1-4-18-7-5-6-8-22(18)30-27-26(35(32,33)20-12-10-19(28)11-13-20)23(29)25(34-27)24(31)21-14-9-16(2)15-17(21)3/h5-15,30H,4,29H2,1-3H3. The molecule has 0 unspecified atom stereocenters. The third-order valence-electron chi connectivity index (χ3n) is 5.77. The van der Waals surface area contributed by atoms with Gasteiger partial charge in [0.15, 0.2) is 0 Å². The highest BCUT2D eigenvalue weighted by Gasteiger charge is 2.32. The fourth-order valence-electron chi connectivity index (χ4n) is 3.94. The predicted octanol–water partition coefficient (Wildman–Crippen LogP) is 6.97. The zero-order valence-electron chi connectivity index (χ0n) is 19.6. The van der Waals surface area contributed by atoms with E-state index in [1.54, 1.807) is 6.07 Å². The number of carbonyl (C=O) groups is 1. The number of nitrogen functional groups attached to an aromatic ring is 1. The number of aryl methyl sites for hydroxylation is 3. The third kappa shape index (κ3) is 4.85. The first-order valence-corrected chi connectivity index (χ1v) is 13.7. The van der Waals surface area contributed by atoms with E-state index in [1.165, 1.54) is 24.3 Å². The Bertz CT molecular complexity index is 1520. The molecule has 0 bridgehead atoms. The van der Waals surface area contributed by atoms with Crippen LogP contribution in [0.3, 0.4) is 0 Å². The molecule has 0 aliphatic rings. The molecule has 4 aromatic rings. The summed E-state index contributed by atoms with van der Waals surface area (Å²) in [6.45, 7) is 5.82. The van der Waals surface area contributed by atoms with E-state index in [2.05, 4.69) is 5.32 Å². The molecular formula is C27H25ClN2O3S2. The fourth-order valence-corrected chi connectivity index (χ4v) is 6.99. The van der Waals surface area contributed by atoms with Crippen LogP contribution in [0, 0.1) is 13.8 Å². The number of hydrogen-bond donors (Lipinski definition) is 2. The summed E-state index contributed by atoms with van der Waals surface area (Å²) in [5.74, 6) is -0.311. The summed E-state index contributed by atoms with van der Waals surface area (Å²) in [7, 11) is -4.06. The van der Waals surface area contributed by atoms with Crippen LogP contribution in [-0.4, -0.2) is 14.2 Å². The number of carbonyl (C=O) groups excluding carboxylic acids is 1. The maximum absolute atomic E-state index is 13.7. The van der Waals surface area contributed by atoms with Crippen molar-refractivity contribution in [3.05, 3.63) is 98.9 Å². The fraction of sp³-hybridized carbons (Fsp3) is 0.148. The molecule has 0 atom stereocenters. The molecule has 1 aromatic heterocycles. The first-order valence-electron chi connectivity index (χ1n) is 11.0. The lowest BCUT2D eigenvalue weighted by molar-refractivity contribution is 0.104. The third-order valence-corrected chi connectivity index (χ3v) is 9.13. The topological polar surface area (TPSA) is 89.3 Å². The van der Waals surface area contributed by atoms with Crippen molar-refractivity contribution in [2.24, 2.45) is 0 Å². The van der Waals surface area contributed by atoms with Gasteiger partial charge in [0.1, 0.15) is 14.8 Å². The lowest BCUT2D eigenvalue weighted by Gasteiger charge is -2.12. The Labute approximate surface area is 214 Å². The Hall–Kier alpha value is -3.13. The van der Waals surface area contributed by atoms with Gasteiger partial charge in [-0.05, 0) is 61.7 Å². The van der Waals surface area contributed by atoms with Crippen molar-refractivity contribution < 1.29 is 13.2 Å². The highest BCUT2D eigenvalue weighted by molar-refractivity contribution is 7.92. The van der Waals surface area contributed by atoms with Crippen molar-refractivity contribution in [3.63, 3.8) is 0 Å². The molecule has 35 heavy (non-hydrogen) atoms. The summed E-state index contributed by atoms with van der Waals surface area (Å²) in [4.78, 5) is 13.7. The summed E-state index contributed by atoms with van der Waals surface area (Å²) in [5.41, 5.74) is 10.5. The average Bonchev–Trinajstić information content (AvgIpc) is 3.15. The molecular weight excluding hydrogens is 500 g/mol. The quantitative estimate of drug-likeness (QED) is 0.255. The highest BCUT2D eigenvalue weighted by Crippen LogP contribution is 2.44. The van der Waals surface area contributed by atoms with Gasteiger partial charge < -0.3 is 11.1 Å². The van der Waals surface area contributed by atoms with Crippen molar-refractivity contribution in [2.45, 2.75) is 37.0 Å². The number of thiophene rings is 1. The number of nitrogens with one attached hydrogen (secondary N) is 1. The van der Waals surface area contributed by atoms with Crippen molar-refractivity contribution in [1.29, 1.82) is 0 Å². The zero-order chi connectivity index (χ0) is 25.3. The zero-order valence-corrected chi connectivity index (χ0v) is 21.9. The molecule has 1 heterocycles. The second kappa shape index (κ2) is 9.85. The van der Waals surface area contributed by atoms with Crippen LogP contribution >= 0.6 is 22.9 Å². The summed E-state index contributed by atoms with van der Waals surface area (Å²) in [5, 5.41) is 3.97. The van der Waals surface area contributed by atoms with Crippen LogP contribution in [0.4, 0.5) is 16.4 Å². The molecule has 4 rings (SSSR count). The molecule has 0 radical (unpaired) electrons. The van der Waals surface area contributed by atoms with Gasteiger partial charge in [-0.2, -0.15) is 0 Å². The number of halogens is 1. The largest absolute Gasteiger partial charge is 0.396 e. The number of sulfone groups is 1. The Kier molecular flexibility index (Phi) is 7.03. The molecule has 5 nitrogen and oxygen atoms in total. The molecule has 0 aliphatic carbocycles. The van der Waals surface area contributed by atoms with Gasteiger partial charge in [0, 0.05) is 16.3 Å². The molecule has 3 aromatic carbocycles. The molecule has 0 saturated carbocycles. The van der Waals surface area contributed by atoms with Gasteiger partial charge in [0.2, 0.25) is 15.6 Å². The van der Waals surface area contributed by atoms with E-state index in [0.29, 0.717) is 15.6 Å². The van der Waals surface area contributed by atoms with Crippen molar-refractivity contribution >= 4 is 54.9 Å². The van der Waals surface area contributed by atoms with E-state index in [4.69, 9.17) is 17.3 Å².